The summed E-state index contributed by atoms with van der Waals surface area (Å²) in [5.41, 5.74) is 9.13. The van der Waals surface area contributed by atoms with Crippen LogP contribution in [0, 0.1) is 0 Å². The minimum absolute atomic E-state index is 0.900. The Morgan fingerprint density at radius 3 is 1.27 bits per heavy atom. The highest BCUT2D eigenvalue weighted by Crippen LogP contribution is 2.45. The van der Waals surface area contributed by atoms with E-state index < -0.39 is 0 Å². The van der Waals surface area contributed by atoms with Gasteiger partial charge in [-0.1, -0.05) is 146 Å². The Balaban J connectivity index is 1.12. The highest BCUT2D eigenvalue weighted by molar-refractivity contribution is 6.22. The second-order valence-electron chi connectivity index (χ2n) is 13.6. The van der Waals surface area contributed by atoms with Gasteiger partial charge in [0, 0.05) is 10.8 Å². The standard InChI is InChI=1S/C50H30O/c1-2-11-34-27-37(22-17-31(34)9-1)49-40-13-5-7-15-42(40)50(43-16-8-6-14-41(43)49)38-24-26-48-46(30-38)45-29-36(23-25-47(45)51-48)35-21-20-33-19-18-32-10-3-4-12-39(32)44(33)28-35/h1-30H. The van der Waals surface area contributed by atoms with Gasteiger partial charge in [-0.3, -0.25) is 0 Å². The van der Waals surface area contributed by atoms with Crippen molar-refractivity contribution < 1.29 is 4.42 Å². The molecule has 1 aromatic heterocycles. The van der Waals surface area contributed by atoms with Crippen molar-refractivity contribution in [1.29, 1.82) is 0 Å². The molecule has 11 aromatic rings. The molecule has 0 bridgehead atoms. The van der Waals surface area contributed by atoms with Crippen LogP contribution in [0.1, 0.15) is 0 Å². The fourth-order valence-electron chi connectivity index (χ4n) is 8.39. The Labute approximate surface area is 294 Å². The maximum absolute atomic E-state index is 6.45. The zero-order valence-electron chi connectivity index (χ0n) is 27.7. The van der Waals surface area contributed by atoms with Crippen molar-refractivity contribution in [2.45, 2.75) is 0 Å². The molecular formula is C50H30O. The van der Waals surface area contributed by atoms with Gasteiger partial charge in [0.1, 0.15) is 11.2 Å². The van der Waals surface area contributed by atoms with Crippen LogP contribution in [-0.2, 0) is 0 Å². The van der Waals surface area contributed by atoms with Crippen LogP contribution in [0.4, 0.5) is 0 Å². The monoisotopic (exact) mass is 646 g/mol. The first-order valence-electron chi connectivity index (χ1n) is 17.6. The van der Waals surface area contributed by atoms with E-state index in [-0.39, 0.29) is 0 Å². The lowest BCUT2D eigenvalue weighted by atomic mass is 9.85. The van der Waals surface area contributed by atoms with Gasteiger partial charge in [-0.15, -0.1) is 0 Å². The lowest BCUT2D eigenvalue weighted by molar-refractivity contribution is 0.669. The summed E-state index contributed by atoms with van der Waals surface area (Å²) < 4.78 is 6.45. The molecule has 0 amide bonds. The van der Waals surface area contributed by atoms with E-state index in [1.54, 1.807) is 0 Å². The molecule has 10 aromatic carbocycles. The number of rotatable bonds is 3. The first-order valence-corrected chi connectivity index (χ1v) is 17.6. The maximum Gasteiger partial charge on any atom is 0.135 e. The van der Waals surface area contributed by atoms with Gasteiger partial charge in [-0.25, -0.2) is 0 Å². The van der Waals surface area contributed by atoms with E-state index in [4.69, 9.17) is 4.42 Å². The summed E-state index contributed by atoms with van der Waals surface area (Å²) in [6.07, 6.45) is 0. The average Bonchev–Trinajstić information content (AvgIpc) is 3.56. The van der Waals surface area contributed by atoms with Crippen LogP contribution >= 0.6 is 0 Å². The maximum atomic E-state index is 6.45. The molecule has 236 valence electrons. The lowest BCUT2D eigenvalue weighted by Crippen LogP contribution is -1.91. The summed E-state index contributed by atoms with van der Waals surface area (Å²) in [5.74, 6) is 0. The SMILES string of the molecule is c1ccc2cc(-c3c4ccccc4c(-c4ccc5oc6ccc(-c7ccc8ccc9ccccc9c8c7)cc6c5c4)c4ccccc34)ccc2c1. The normalized spacial score (nSPS) is 11.9. The van der Waals surface area contributed by atoms with Crippen LogP contribution in [0.15, 0.2) is 186 Å². The summed E-state index contributed by atoms with van der Waals surface area (Å²) in [4.78, 5) is 0. The first-order chi connectivity index (χ1) is 25.3. The van der Waals surface area contributed by atoms with E-state index in [0.29, 0.717) is 0 Å². The molecule has 51 heavy (non-hydrogen) atoms. The van der Waals surface area contributed by atoms with Crippen molar-refractivity contribution in [1.82, 2.24) is 0 Å². The number of hydrogen-bond donors (Lipinski definition) is 0. The summed E-state index contributed by atoms with van der Waals surface area (Å²) in [6.45, 7) is 0. The quantitative estimate of drug-likeness (QED) is 0.138. The van der Waals surface area contributed by atoms with Gasteiger partial charge in [-0.2, -0.15) is 0 Å². The molecule has 0 unspecified atom stereocenters. The van der Waals surface area contributed by atoms with E-state index in [9.17, 15) is 0 Å². The molecule has 0 spiro atoms. The second-order valence-corrected chi connectivity index (χ2v) is 13.6. The second kappa shape index (κ2) is 10.9. The van der Waals surface area contributed by atoms with Gasteiger partial charge in [0.05, 0.1) is 0 Å². The number of hydrogen-bond acceptors (Lipinski definition) is 1. The van der Waals surface area contributed by atoms with Gasteiger partial charge < -0.3 is 4.42 Å². The Kier molecular flexibility index (Phi) is 6.02. The lowest BCUT2D eigenvalue weighted by Gasteiger charge is -2.18. The molecular weight excluding hydrogens is 617 g/mol. The van der Waals surface area contributed by atoms with Crippen LogP contribution in [-0.4, -0.2) is 0 Å². The van der Waals surface area contributed by atoms with Crippen molar-refractivity contribution in [3.05, 3.63) is 182 Å². The third-order valence-electron chi connectivity index (χ3n) is 10.8. The largest absolute Gasteiger partial charge is 0.456 e. The minimum atomic E-state index is 0.900. The molecule has 0 aliphatic heterocycles. The van der Waals surface area contributed by atoms with Crippen LogP contribution in [0.2, 0.25) is 0 Å². The Morgan fingerprint density at radius 2 is 0.627 bits per heavy atom. The van der Waals surface area contributed by atoms with Gasteiger partial charge >= 0.3 is 0 Å². The Bertz CT molecular complexity index is 3140. The molecule has 0 saturated carbocycles. The molecule has 1 nitrogen and oxygen atoms in total. The molecule has 0 aliphatic rings. The van der Waals surface area contributed by atoms with E-state index in [0.717, 1.165) is 21.9 Å². The van der Waals surface area contributed by atoms with Gasteiger partial charge in [0.2, 0.25) is 0 Å². The molecule has 0 saturated heterocycles. The van der Waals surface area contributed by atoms with E-state index in [1.807, 2.05) is 0 Å². The van der Waals surface area contributed by atoms with Crippen LogP contribution in [0.25, 0.3) is 109 Å². The van der Waals surface area contributed by atoms with E-state index >= 15 is 0 Å². The van der Waals surface area contributed by atoms with Crippen molar-refractivity contribution in [2.24, 2.45) is 0 Å². The predicted molar refractivity (Wildman–Crippen MR) is 218 cm³/mol. The predicted octanol–water partition coefficient (Wildman–Crippen LogP) is 14.4. The summed E-state index contributed by atoms with van der Waals surface area (Å²) in [6, 6.07) is 66.4. The van der Waals surface area contributed by atoms with Crippen LogP contribution in [0.3, 0.4) is 0 Å². The number of fused-ring (bicyclic) bond motifs is 9. The van der Waals surface area contributed by atoms with Crippen LogP contribution < -0.4 is 0 Å². The van der Waals surface area contributed by atoms with Crippen molar-refractivity contribution in [3.63, 3.8) is 0 Å². The average molecular weight is 647 g/mol. The fourth-order valence-corrected chi connectivity index (χ4v) is 8.39. The molecule has 1 heteroatoms. The van der Waals surface area contributed by atoms with Gasteiger partial charge in [0.25, 0.3) is 0 Å². The number of furan rings is 1. The topological polar surface area (TPSA) is 13.1 Å². The third kappa shape index (κ3) is 4.35. The molecule has 0 fully saturated rings. The van der Waals surface area contributed by atoms with Crippen molar-refractivity contribution >= 4 is 75.8 Å². The molecule has 0 radical (unpaired) electrons. The fraction of sp³-hybridized carbons (Fsp3) is 0. The minimum Gasteiger partial charge on any atom is -0.456 e. The summed E-state index contributed by atoms with van der Waals surface area (Å²) in [5, 5.41) is 14.8. The zero-order chi connectivity index (χ0) is 33.5. The number of benzene rings is 10. The first kappa shape index (κ1) is 28.2. The van der Waals surface area contributed by atoms with Gasteiger partial charge in [0.15, 0.2) is 0 Å². The van der Waals surface area contributed by atoms with Crippen molar-refractivity contribution in [3.8, 4) is 33.4 Å². The molecule has 0 N–H and O–H groups in total. The molecule has 0 aliphatic carbocycles. The summed E-state index contributed by atoms with van der Waals surface area (Å²) >= 11 is 0. The van der Waals surface area contributed by atoms with Crippen LogP contribution in [0.5, 0.6) is 0 Å². The Hall–Kier alpha value is -6.70. The highest BCUT2D eigenvalue weighted by atomic mass is 16.3. The Morgan fingerprint density at radius 1 is 0.235 bits per heavy atom. The van der Waals surface area contributed by atoms with Crippen molar-refractivity contribution in [2.75, 3.05) is 0 Å². The zero-order valence-corrected chi connectivity index (χ0v) is 27.7. The molecule has 11 rings (SSSR count). The summed E-state index contributed by atoms with van der Waals surface area (Å²) in [7, 11) is 0. The third-order valence-corrected chi connectivity index (χ3v) is 10.8. The van der Waals surface area contributed by atoms with E-state index in [2.05, 4.69) is 182 Å². The molecule has 1 heterocycles. The van der Waals surface area contributed by atoms with Gasteiger partial charge in [-0.05, 0) is 124 Å². The highest BCUT2D eigenvalue weighted by Gasteiger charge is 2.18. The smallest absolute Gasteiger partial charge is 0.135 e. The molecule has 0 atom stereocenters. The van der Waals surface area contributed by atoms with E-state index in [1.165, 1.54) is 87.2 Å².